The van der Waals surface area contributed by atoms with Crippen molar-refractivity contribution in [2.45, 2.75) is 25.2 Å². The van der Waals surface area contributed by atoms with E-state index in [0.717, 1.165) is 5.56 Å². The van der Waals surface area contributed by atoms with Crippen LogP contribution in [0.2, 0.25) is 0 Å². The highest BCUT2D eigenvalue weighted by atomic mass is 16.5. The Bertz CT molecular complexity index is 308. The highest BCUT2D eigenvalue weighted by Crippen LogP contribution is 2.40. The normalized spacial score (nSPS) is 16.7. The molecule has 0 unspecified atom stereocenters. The van der Waals surface area contributed by atoms with Gasteiger partial charge in [0.25, 0.3) is 0 Å². The highest BCUT2D eigenvalue weighted by Gasteiger charge is 2.23. The van der Waals surface area contributed by atoms with E-state index in [1.54, 1.807) is 13.2 Å². The van der Waals surface area contributed by atoms with Gasteiger partial charge in [0, 0.05) is 5.56 Å². The number of pyridine rings is 1. The molecule has 0 amide bonds. The van der Waals surface area contributed by atoms with Crippen molar-refractivity contribution in [3.8, 4) is 11.6 Å². The molecule has 1 saturated carbocycles. The molecular weight excluding hydrogens is 166 g/mol. The smallest absolute Gasteiger partial charge is 0.216 e. The van der Waals surface area contributed by atoms with E-state index in [1.165, 1.54) is 25.5 Å². The third kappa shape index (κ3) is 1.46. The molecule has 0 saturated heterocycles. The maximum Gasteiger partial charge on any atom is 0.216 e. The van der Waals surface area contributed by atoms with Gasteiger partial charge in [-0.3, -0.25) is 0 Å². The van der Waals surface area contributed by atoms with E-state index in [1.807, 2.05) is 0 Å². The van der Waals surface area contributed by atoms with E-state index in [4.69, 9.17) is 4.74 Å². The predicted molar refractivity (Wildman–Crippen MR) is 49.0 cm³/mol. The molecule has 0 radical (unpaired) electrons. The van der Waals surface area contributed by atoms with Crippen molar-refractivity contribution in [3.63, 3.8) is 0 Å². The molecular formula is C10H13NO2. The van der Waals surface area contributed by atoms with Gasteiger partial charge in [-0.25, -0.2) is 4.98 Å². The molecule has 1 aliphatic rings. The molecule has 0 aliphatic heterocycles. The van der Waals surface area contributed by atoms with Gasteiger partial charge < -0.3 is 9.84 Å². The Morgan fingerprint density at radius 3 is 2.85 bits per heavy atom. The summed E-state index contributed by atoms with van der Waals surface area (Å²) in [6.07, 6.45) is 5.05. The first-order valence-electron chi connectivity index (χ1n) is 4.54. The second-order valence-electron chi connectivity index (χ2n) is 3.42. The van der Waals surface area contributed by atoms with E-state index in [0.29, 0.717) is 11.8 Å². The second-order valence-corrected chi connectivity index (χ2v) is 3.42. The van der Waals surface area contributed by atoms with E-state index >= 15 is 0 Å². The lowest BCUT2D eigenvalue weighted by atomic mass is 9.80. The maximum absolute atomic E-state index is 9.28. The van der Waals surface area contributed by atoms with Crippen molar-refractivity contribution >= 4 is 0 Å². The fourth-order valence-corrected chi connectivity index (χ4v) is 1.64. The van der Waals surface area contributed by atoms with E-state index in [9.17, 15) is 5.11 Å². The van der Waals surface area contributed by atoms with Crippen molar-refractivity contribution in [2.24, 2.45) is 0 Å². The van der Waals surface area contributed by atoms with Gasteiger partial charge in [0.05, 0.1) is 13.3 Å². The average molecular weight is 179 g/mol. The Hall–Kier alpha value is -1.25. The van der Waals surface area contributed by atoms with Crippen LogP contribution in [0.5, 0.6) is 11.6 Å². The van der Waals surface area contributed by atoms with Crippen molar-refractivity contribution in [1.29, 1.82) is 0 Å². The zero-order valence-corrected chi connectivity index (χ0v) is 7.66. The van der Waals surface area contributed by atoms with Crippen LogP contribution in [0.1, 0.15) is 30.7 Å². The number of hydrogen-bond donors (Lipinski definition) is 1. The van der Waals surface area contributed by atoms with Crippen LogP contribution in [0.3, 0.4) is 0 Å². The number of methoxy groups -OCH3 is 1. The Morgan fingerprint density at radius 2 is 2.31 bits per heavy atom. The summed E-state index contributed by atoms with van der Waals surface area (Å²) in [5, 5.41) is 9.28. The van der Waals surface area contributed by atoms with Gasteiger partial charge >= 0.3 is 0 Å². The van der Waals surface area contributed by atoms with Crippen LogP contribution >= 0.6 is 0 Å². The number of ether oxygens (including phenoxy) is 1. The van der Waals surface area contributed by atoms with Gasteiger partial charge in [-0.15, -0.1) is 0 Å². The van der Waals surface area contributed by atoms with Crippen LogP contribution in [-0.2, 0) is 0 Å². The molecule has 1 aliphatic carbocycles. The molecule has 1 aromatic rings. The number of hydrogen-bond acceptors (Lipinski definition) is 3. The standard InChI is InChI=1S/C10H13NO2/c1-13-10-9(7-3-2-4-7)5-8(12)6-11-10/h5-7,12H,2-4H2,1H3. The van der Waals surface area contributed by atoms with Crippen LogP contribution in [0, 0.1) is 0 Å². The minimum Gasteiger partial charge on any atom is -0.506 e. The van der Waals surface area contributed by atoms with Crippen molar-refractivity contribution in [2.75, 3.05) is 7.11 Å². The van der Waals surface area contributed by atoms with Gasteiger partial charge in [-0.05, 0) is 24.8 Å². The van der Waals surface area contributed by atoms with Gasteiger partial charge in [0.1, 0.15) is 5.75 Å². The van der Waals surface area contributed by atoms with Crippen molar-refractivity contribution in [3.05, 3.63) is 17.8 Å². The first kappa shape index (κ1) is 8.35. The Kier molecular flexibility index (Phi) is 2.08. The largest absolute Gasteiger partial charge is 0.506 e. The summed E-state index contributed by atoms with van der Waals surface area (Å²) >= 11 is 0. The van der Waals surface area contributed by atoms with Crippen molar-refractivity contribution < 1.29 is 9.84 Å². The summed E-state index contributed by atoms with van der Waals surface area (Å²) in [7, 11) is 1.61. The summed E-state index contributed by atoms with van der Waals surface area (Å²) in [4.78, 5) is 4.03. The van der Waals surface area contributed by atoms with Gasteiger partial charge in [-0.1, -0.05) is 6.42 Å². The molecule has 0 aromatic carbocycles. The number of nitrogens with zero attached hydrogens (tertiary/aromatic N) is 1. The quantitative estimate of drug-likeness (QED) is 0.755. The maximum atomic E-state index is 9.28. The number of aromatic hydroxyl groups is 1. The molecule has 70 valence electrons. The molecule has 1 aromatic heterocycles. The SMILES string of the molecule is COc1ncc(O)cc1C1CCC1. The molecule has 0 bridgehead atoms. The van der Waals surface area contributed by atoms with Crippen molar-refractivity contribution in [1.82, 2.24) is 4.98 Å². The zero-order chi connectivity index (χ0) is 9.26. The lowest BCUT2D eigenvalue weighted by Crippen LogP contribution is -2.10. The molecule has 1 fully saturated rings. The topological polar surface area (TPSA) is 42.4 Å². The molecule has 13 heavy (non-hydrogen) atoms. The lowest BCUT2D eigenvalue weighted by molar-refractivity contribution is 0.357. The summed E-state index contributed by atoms with van der Waals surface area (Å²) < 4.78 is 5.13. The third-order valence-corrected chi connectivity index (χ3v) is 2.60. The Labute approximate surface area is 77.4 Å². The van der Waals surface area contributed by atoms with Gasteiger partial charge in [0.2, 0.25) is 5.88 Å². The van der Waals surface area contributed by atoms with E-state index < -0.39 is 0 Å². The summed E-state index contributed by atoms with van der Waals surface area (Å²) in [6, 6.07) is 1.76. The zero-order valence-electron chi connectivity index (χ0n) is 7.66. The average Bonchev–Trinajstić information content (AvgIpc) is 2.02. The second kappa shape index (κ2) is 3.24. The van der Waals surface area contributed by atoms with E-state index in [-0.39, 0.29) is 5.75 Å². The Morgan fingerprint density at radius 1 is 1.54 bits per heavy atom. The van der Waals surface area contributed by atoms with Crippen LogP contribution in [0.4, 0.5) is 0 Å². The molecule has 1 heterocycles. The van der Waals surface area contributed by atoms with E-state index in [2.05, 4.69) is 4.98 Å². The third-order valence-electron chi connectivity index (χ3n) is 2.60. The fourth-order valence-electron chi connectivity index (χ4n) is 1.64. The molecule has 0 atom stereocenters. The van der Waals surface area contributed by atoms with Crippen LogP contribution in [0.15, 0.2) is 12.3 Å². The molecule has 1 N–H and O–H groups in total. The lowest BCUT2D eigenvalue weighted by Gasteiger charge is -2.26. The molecule has 3 heteroatoms. The van der Waals surface area contributed by atoms with Crippen LogP contribution < -0.4 is 4.74 Å². The number of rotatable bonds is 2. The highest BCUT2D eigenvalue weighted by molar-refractivity contribution is 5.36. The minimum absolute atomic E-state index is 0.225. The Balaban J connectivity index is 2.33. The minimum atomic E-state index is 0.225. The predicted octanol–water partition coefficient (Wildman–Crippen LogP) is 2.06. The molecule has 0 spiro atoms. The van der Waals surface area contributed by atoms with Gasteiger partial charge in [-0.2, -0.15) is 0 Å². The summed E-state index contributed by atoms with van der Waals surface area (Å²) in [6.45, 7) is 0. The summed E-state index contributed by atoms with van der Waals surface area (Å²) in [5.41, 5.74) is 1.05. The first-order valence-corrected chi connectivity index (χ1v) is 4.54. The molecule has 2 rings (SSSR count). The van der Waals surface area contributed by atoms with Crippen LogP contribution in [-0.4, -0.2) is 17.2 Å². The number of aromatic nitrogens is 1. The first-order chi connectivity index (χ1) is 6.31. The monoisotopic (exact) mass is 179 g/mol. The molecule has 3 nitrogen and oxygen atoms in total. The van der Waals surface area contributed by atoms with Crippen LogP contribution in [0.25, 0.3) is 0 Å². The summed E-state index contributed by atoms with van der Waals surface area (Å²) in [5.74, 6) is 1.42. The fraction of sp³-hybridized carbons (Fsp3) is 0.500. The van der Waals surface area contributed by atoms with Gasteiger partial charge in [0.15, 0.2) is 0 Å².